The zero-order valence-electron chi connectivity index (χ0n) is 11.8. The van der Waals surface area contributed by atoms with Crippen LogP contribution in [0.3, 0.4) is 0 Å². The molecule has 0 aliphatic rings. The molecule has 0 radical (unpaired) electrons. The van der Waals surface area contributed by atoms with E-state index in [1.807, 2.05) is 13.8 Å². The first-order valence-electron chi connectivity index (χ1n) is 6.51. The Hall–Kier alpha value is -2.25. The maximum absolute atomic E-state index is 11.6. The number of aromatic nitrogens is 6. The van der Waals surface area contributed by atoms with E-state index >= 15 is 0 Å². The third kappa shape index (κ3) is 2.40. The van der Waals surface area contributed by atoms with Gasteiger partial charge in [-0.05, 0) is 23.3 Å². The summed E-state index contributed by atoms with van der Waals surface area (Å²) in [6, 6.07) is 0. The second-order valence-electron chi connectivity index (χ2n) is 4.86. The van der Waals surface area contributed by atoms with Gasteiger partial charge in [0.15, 0.2) is 5.82 Å². The van der Waals surface area contributed by atoms with Crippen LogP contribution in [0.25, 0.3) is 11.4 Å². The maximum atomic E-state index is 11.6. The monoisotopic (exact) mass is 278 g/mol. The number of carbonyl (C=O) groups is 1. The van der Waals surface area contributed by atoms with E-state index in [4.69, 9.17) is 0 Å². The lowest BCUT2D eigenvalue weighted by Crippen LogP contribution is -2.35. The molecule has 0 fully saturated rings. The SMILES string of the molecule is CCC(CC)(Cn1nnnc1-c1cnn(C)c1)C(=O)O. The van der Waals surface area contributed by atoms with Gasteiger partial charge in [-0.3, -0.25) is 9.48 Å². The van der Waals surface area contributed by atoms with E-state index in [1.165, 1.54) is 4.68 Å². The van der Waals surface area contributed by atoms with Crippen molar-refractivity contribution < 1.29 is 9.90 Å². The quantitative estimate of drug-likeness (QED) is 0.845. The number of aryl methyl sites for hydroxylation is 1. The van der Waals surface area contributed by atoms with Crippen LogP contribution in [0.1, 0.15) is 26.7 Å². The van der Waals surface area contributed by atoms with Crippen molar-refractivity contribution in [3.05, 3.63) is 12.4 Å². The molecule has 0 saturated carbocycles. The Kier molecular flexibility index (Phi) is 3.82. The molecule has 0 unspecified atom stereocenters. The Bertz CT molecular complexity index is 599. The number of tetrazole rings is 1. The average molecular weight is 278 g/mol. The molecule has 20 heavy (non-hydrogen) atoms. The highest BCUT2D eigenvalue weighted by atomic mass is 16.4. The van der Waals surface area contributed by atoms with Gasteiger partial charge in [-0.1, -0.05) is 13.8 Å². The van der Waals surface area contributed by atoms with Gasteiger partial charge in [0.25, 0.3) is 0 Å². The minimum atomic E-state index is -0.855. The Morgan fingerprint density at radius 1 is 1.40 bits per heavy atom. The van der Waals surface area contributed by atoms with Crippen LogP contribution in [-0.4, -0.2) is 41.1 Å². The second-order valence-corrected chi connectivity index (χ2v) is 4.86. The Morgan fingerprint density at radius 3 is 2.60 bits per heavy atom. The number of hydrogen-bond donors (Lipinski definition) is 1. The number of aliphatic carboxylic acids is 1. The van der Waals surface area contributed by atoms with Crippen molar-refractivity contribution in [2.24, 2.45) is 12.5 Å². The molecule has 0 atom stereocenters. The van der Waals surface area contributed by atoms with E-state index < -0.39 is 11.4 Å². The van der Waals surface area contributed by atoms with Gasteiger partial charge in [0, 0.05) is 13.2 Å². The van der Waals surface area contributed by atoms with Crippen molar-refractivity contribution in [1.82, 2.24) is 30.0 Å². The van der Waals surface area contributed by atoms with Crippen LogP contribution in [-0.2, 0) is 18.4 Å². The lowest BCUT2D eigenvalue weighted by Gasteiger charge is -2.26. The topological polar surface area (TPSA) is 98.7 Å². The van der Waals surface area contributed by atoms with Gasteiger partial charge in [0.1, 0.15) is 0 Å². The second kappa shape index (κ2) is 5.40. The molecule has 8 heteroatoms. The van der Waals surface area contributed by atoms with Gasteiger partial charge < -0.3 is 5.11 Å². The molecule has 0 bridgehead atoms. The molecule has 0 aliphatic heterocycles. The number of nitrogens with zero attached hydrogens (tertiary/aromatic N) is 6. The van der Waals surface area contributed by atoms with Crippen molar-refractivity contribution in [2.75, 3.05) is 0 Å². The van der Waals surface area contributed by atoms with Crippen LogP contribution >= 0.6 is 0 Å². The van der Waals surface area contributed by atoms with Crippen LogP contribution in [0.4, 0.5) is 0 Å². The summed E-state index contributed by atoms with van der Waals surface area (Å²) in [4.78, 5) is 11.6. The summed E-state index contributed by atoms with van der Waals surface area (Å²) >= 11 is 0. The van der Waals surface area contributed by atoms with E-state index in [1.54, 1.807) is 24.1 Å². The minimum absolute atomic E-state index is 0.243. The van der Waals surface area contributed by atoms with Gasteiger partial charge in [-0.25, -0.2) is 4.68 Å². The Balaban J connectivity index is 2.35. The maximum Gasteiger partial charge on any atom is 0.311 e. The van der Waals surface area contributed by atoms with Crippen molar-refractivity contribution in [3.8, 4) is 11.4 Å². The fourth-order valence-electron chi connectivity index (χ4n) is 2.18. The summed E-state index contributed by atoms with van der Waals surface area (Å²) in [7, 11) is 1.80. The average Bonchev–Trinajstić information content (AvgIpc) is 3.04. The molecule has 1 N–H and O–H groups in total. The molecule has 108 valence electrons. The van der Waals surface area contributed by atoms with Gasteiger partial charge in [-0.2, -0.15) is 5.10 Å². The van der Waals surface area contributed by atoms with E-state index in [0.717, 1.165) is 5.56 Å². The fraction of sp³-hybridized carbons (Fsp3) is 0.583. The van der Waals surface area contributed by atoms with E-state index in [9.17, 15) is 9.90 Å². The molecule has 2 rings (SSSR count). The van der Waals surface area contributed by atoms with Gasteiger partial charge in [-0.15, -0.1) is 5.10 Å². The molecule has 2 aromatic rings. The van der Waals surface area contributed by atoms with Crippen LogP contribution in [0.15, 0.2) is 12.4 Å². The van der Waals surface area contributed by atoms with E-state index in [0.29, 0.717) is 18.7 Å². The summed E-state index contributed by atoms with van der Waals surface area (Å²) in [6.07, 6.45) is 4.49. The number of hydrogen-bond acceptors (Lipinski definition) is 5. The van der Waals surface area contributed by atoms with Gasteiger partial charge >= 0.3 is 5.97 Å². The summed E-state index contributed by atoms with van der Waals surface area (Å²) < 4.78 is 3.19. The summed E-state index contributed by atoms with van der Waals surface area (Å²) in [5.74, 6) is -0.291. The van der Waals surface area contributed by atoms with Crippen molar-refractivity contribution in [2.45, 2.75) is 33.2 Å². The summed E-state index contributed by atoms with van der Waals surface area (Å²) in [6.45, 7) is 3.98. The molecule has 0 aliphatic carbocycles. The normalized spacial score (nSPS) is 11.8. The highest BCUT2D eigenvalue weighted by Crippen LogP contribution is 2.30. The first-order chi connectivity index (χ1) is 9.52. The molecule has 0 amide bonds. The minimum Gasteiger partial charge on any atom is -0.481 e. The molecular formula is C12H18N6O2. The molecule has 2 heterocycles. The Labute approximate surface area is 116 Å². The highest BCUT2D eigenvalue weighted by Gasteiger charge is 2.36. The van der Waals surface area contributed by atoms with Crippen LogP contribution in [0.5, 0.6) is 0 Å². The first kappa shape index (κ1) is 14.2. The third-order valence-corrected chi connectivity index (χ3v) is 3.75. The van der Waals surface area contributed by atoms with E-state index in [2.05, 4.69) is 20.6 Å². The summed E-state index contributed by atoms with van der Waals surface area (Å²) in [5.41, 5.74) is -0.0872. The predicted molar refractivity (Wildman–Crippen MR) is 70.7 cm³/mol. The number of carboxylic acids is 1. The predicted octanol–water partition coefficient (Wildman–Crippen LogP) is 0.965. The molecule has 0 spiro atoms. The Morgan fingerprint density at radius 2 is 2.10 bits per heavy atom. The largest absolute Gasteiger partial charge is 0.481 e. The lowest BCUT2D eigenvalue weighted by molar-refractivity contribution is -0.150. The highest BCUT2D eigenvalue weighted by molar-refractivity contribution is 5.74. The number of carboxylic acid groups (broad SMARTS) is 1. The zero-order chi connectivity index (χ0) is 14.8. The smallest absolute Gasteiger partial charge is 0.311 e. The van der Waals surface area contributed by atoms with Crippen molar-refractivity contribution >= 4 is 5.97 Å². The molecule has 0 saturated heterocycles. The van der Waals surface area contributed by atoms with Crippen LogP contribution in [0, 0.1) is 5.41 Å². The molecular weight excluding hydrogens is 260 g/mol. The van der Waals surface area contributed by atoms with E-state index in [-0.39, 0.29) is 6.54 Å². The molecule has 0 aromatic carbocycles. The van der Waals surface area contributed by atoms with Crippen LogP contribution in [0.2, 0.25) is 0 Å². The van der Waals surface area contributed by atoms with Gasteiger partial charge in [0.2, 0.25) is 0 Å². The first-order valence-corrected chi connectivity index (χ1v) is 6.51. The standard InChI is InChI=1S/C12H18N6O2/c1-4-12(5-2,11(19)20)8-18-10(14-15-16-18)9-6-13-17(3)7-9/h6-7H,4-5,8H2,1-3H3,(H,19,20). The molecule has 8 nitrogen and oxygen atoms in total. The molecule has 2 aromatic heterocycles. The van der Waals surface area contributed by atoms with Crippen LogP contribution < -0.4 is 0 Å². The van der Waals surface area contributed by atoms with Gasteiger partial charge in [0.05, 0.1) is 23.7 Å². The van der Waals surface area contributed by atoms with Crippen molar-refractivity contribution in [3.63, 3.8) is 0 Å². The lowest BCUT2D eigenvalue weighted by atomic mass is 9.82. The zero-order valence-corrected chi connectivity index (χ0v) is 11.8. The third-order valence-electron chi connectivity index (χ3n) is 3.75. The van der Waals surface area contributed by atoms with Crippen molar-refractivity contribution in [1.29, 1.82) is 0 Å². The fourth-order valence-corrected chi connectivity index (χ4v) is 2.18. The summed E-state index contributed by atoms with van der Waals surface area (Å²) in [5, 5.41) is 25.1. The number of rotatable bonds is 6.